The maximum atomic E-state index is 11.9. The van der Waals surface area contributed by atoms with E-state index in [9.17, 15) is 4.79 Å². The van der Waals surface area contributed by atoms with Crippen LogP contribution < -0.4 is 10.1 Å². The Labute approximate surface area is 144 Å². The molecule has 0 radical (unpaired) electrons. The van der Waals surface area contributed by atoms with Crippen molar-refractivity contribution >= 4 is 17.5 Å². The Bertz CT molecular complexity index is 501. The van der Waals surface area contributed by atoms with Crippen LogP contribution in [0.15, 0.2) is 18.2 Å². The zero-order valence-corrected chi connectivity index (χ0v) is 14.9. The number of carbonyl (C=O) groups excluding carboxylic acids is 1. The Balaban J connectivity index is 1.61. The minimum Gasteiger partial charge on any atom is -0.490 e. The molecular formula is C18H27ClN2O2. The lowest BCUT2D eigenvalue weighted by molar-refractivity contribution is -0.121. The van der Waals surface area contributed by atoms with Gasteiger partial charge in [0, 0.05) is 13.0 Å². The van der Waals surface area contributed by atoms with Gasteiger partial charge in [-0.25, -0.2) is 0 Å². The van der Waals surface area contributed by atoms with Crippen molar-refractivity contribution < 1.29 is 9.53 Å². The summed E-state index contributed by atoms with van der Waals surface area (Å²) in [5.74, 6) is 1.47. The Hall–Kier alpha value is -1.26. The fourth-order valence-corrected chi connectivity index (χ4v) is 3.35. The molecule has 1 N–H and O–H groups in total. The molecule has 1 aromatic carbocycles. The molecule has 1 aromatic rings. The van der Waals surface area contributed by atoms with Crippen molar-refractivity contribution in [1.29, 1.82) is 0 Å². The normalized spacial score (nSPS) is 18.7. The molecule has 0 bridgehead atoms. The Morgan fingerprint density at radius 1 is 1.48 bits per heavy atom. The number of benzene rings is 1. The Morgan fingerprint density at radius 3 is 3.04 bits per heavy atom. The molecule has 128 valence electrons. The molecule has 0 aromatic heterocycles. The molecule has 1 fully saturated rings. The number of amides is 1. The number of carbonyl (C=O) groups is 1. The molecule has 0 aliphatic carbocycles. The molecule has 23 heavy (non-hydrogen) atoms. The number of halogens is 1. The topological polar surface area (TPSA) is 41.6 Å². The predicted molar refractivity (Wildman–Crippen MR) is 94.1 cm³/mol. The summed E-state index contributed by atoms with van der Waals surface area (Å²) >= 11 is 6.10. The highest BCUT2D eigenvalue weighted by Crippen LogP contribution is 2.27. The number of rotatable bonds is 7. The number of nitrogens with zero attached hydrogens (tertiary/aromatic N) is 1. The van der Waals surface area contributed by atoms with E-state index in [2.05, 4.69) is 17.3 Å². The second kappa shape index (κ2) is 9.14. The Kier molecular flexibility index (Phi) is 7.18. The second-order valence-corrected chi connectivity index (χ2v) is 6.80. The van der Waals surface area contributed by atoms with E-state index in [0.717, 1.165) is 18.5 Å². The van der Waals surface area contributed by atoms with Crippen LogP contribution in [0.1, 0.15) is 31.2 Å². The van der Waals surface area contributed by atoms with E-state index in [1.807, 2.05) is 25.1 Å². The van der Waals surface area contributed by atoms with Gasteiger partial charge in [-0.3, -0.25) is 4.79 Å². The van der Waals surface area contributed by atoms with Gasteiger partial charge in [-0.2, -0.15) is 0 Å². The van der Waals surface area contributed by atoms with Gasteiger partial charge < -0.3 is 15.0 Å². The SMILES string of the molecule is Cc1cccc(Cl)c1OCCNC(=O)CC[C@H]1CCCN(C)C1. The van der Waals surface area contributed by atoms with Crippen LogP contribution >= 0.6 is 11.6 Å². The number of piperidine rings is 1. The van der Waals surface area contributed by atoms with E-state index in [4.69, 9.17) is 16.3 Å². The van der Waals surface area contributed by atoms with Crippen LogP contribution in [-0.2, 0) is 4.79 Å². The fraction of sp³-hybridized carbons (Fsp3) is 0.611. The maximum Gasteiger partial charge on any atom is 0.220 e. The Morgan fingerprint density at radius 2 is 2.30 bits per heavy atom. The van der Waals surface area contributed by atoms with Gasteiger partial charge in [0.1, 0.15) is 12.4 Å². The van der Waals surface area contributed by atoms with E-state index in [1.54, 1.807) is 0 Å². The van der Waals surface area contributed by atoms with Crippen LogP contribution in [0, 0.1) is 12.8 Å². The second-order valence-electron chi connectivity index (χ2n) is 6.39. The van der Waals surface area contributed by atoms with Gasteiger partial charge in [-0.15, -0.1) is 0 Å². The number of likely N-dealkylation sites (tertiary alicyclic amines) is 1. The zero-order valence-electron chi connectivity index (χ0n) is 14.1. The molecule has 1 atom stereocenters. The van der Waals surface area contributed by atoms with Crippen molar-refractivity contribution in [2.75, 3.05) is 33.3 Å². The molecule has 1 aliphatic rings. The van der Waals surface area contributed by atoms with E-state index in [-0.39, 0.29) is 5.91 Å². The minimum absolute atomic E-state index is 0.109. The first-order valence-electron chi connectivity index (χ1n) is 8.39. The minimum atomic E-state index is 0.109. The molecule has 1 saturated heterocycles. The van der Waals surface area contributed by atoms with E-state index in [1.165, 1.54) is 19.4 Å². The summed E-state index contributed by atoms with van der Waals surface area (Å²) in [6.45, 7) is 5.20. The van der Waals surface area contributed by atoms with Crippen LogP contribution in [0.2, 0.25) is 5.02 Å². The van der Waals surface area contributed by atoms with E-state index in [0.29, 0.717) is 36.3 Å². The zero-order chi connectivity index (χ0) is 16.7. The maximum absolute atomic E-state index is 11.9. The number of para-hydroxylation sites is 1. The summed E-state index contributed by atoms with van der Waals surface area (Å²) < 4.78 is 5.67. The molecule has 2 rings (SSSR count). The van der Waals surface area contributed by atoms with Crippen molar-refractivity contribution in [2.24, 2.45) is 5.92 Å². The number of hydrogen-bond acceptors (Lipinski definition) is 3. The average molecular weight is 339 g/mol. The third kappa shape index (κ3) is 6.04. The third-order valence-corrected chi connectivity index (χ3v) is 4.63. The van der Waals surface area contributed by atoms with Crippen molar-refractivity contribution in [1.82, 2.24) is 10.2 Å². The van der Waals surface area contributed by atoms with Gasteiger partial charge in [-0.1, -0.05) is 23.7 Å². The lowest BCUT2D eigenvalue weighted by Gasteiger charge is -2.29. The summed E-state index contributed by atoms with van der Waals surface area (Å²) in [5.41, 5.74) is 1.00. The smallest absolute Gasteiger partial charge is 0.220 e. The molecule has 1 aliphatic heterocycles. The van der Waals surface area contributed by atoms with Gasteiger partial charge in [0.05, 0.1) is 11.6 Å². The summed E-state index contributed by atoms with van der Waals surface area (Å²) in [5, 5.41) is 3.53. The van der Waals surface area contributed by atoms with Crippen molar-refractivity contribution in [3.05, 3.63) is 28.8 Å². The fourth-order valence-electron chi connectivity index (χ4n) is 3.08. The highest BCUT2D eigenvalue weighted by molar-refractivity contribution is 6.32. The molecule has 0 spiro atoms. The molecule has 5 heteroatoms. The number of aryl methyl sites for hydroxylation is 1. The van der Waals surface area contributed by atoms with E-state index >= 15 is 0 Å². The highest BCUT2D eigenvalue weighted by Gasteiger charge is 2.17. The quantitative estimate of drug-likeness (QED) is 0.776. The molecule has 1 amide bonds. The molecule has 0 unspecified atom stereocenters. The van der Waals surface area contributed by atoms with Crippen LogP contribution in [0.3, 0.4) is 0 Å². The summed E-state index contributed by atoms with van der Waals surface area (Å²) in [7, 11) is 2.15. The lowest BCUT2D eigenvalue weighted by Crippen LogP contribution is -2.33. The molecule has 4 nitrogen and oxygen atoms in total. The monoisotopic (exact) mass is 338 g/mol. The first-order valence-corrected chi connectivity index (χ1v) is 8.77. The van der Waals surface area contributed by atoms with Crippen molar-refractivity contribution in [2.45, 2.75) is 32.6 Å². The van der Waals surface area contributed by atoms with E-state index < -0.39 is 0 Å². The summed E-state index contributed by atoms with van der Waals surface area (Å²) in [6, 6.07) is 5.67. The molecule has 1 heterocycles. The van der Waals surface area contributed by atoms with Crippen molar-refractivity contribution in [3.8, 4) is 5.75 Å². The van der Waals surface area contributed by atoms with Crippen LogP contribution in [0.4, 0.5) is 0 Å². The summed E-state index contributed by atoms with van der Waals surface area (Å²) in [6.07, 6.45) is 4.06. The van der Waals surface area contributed by atoms with Crippen molar-refractivity contribution in [3.63, 3.8) is 0 Å². The van der Waals surface area contributed by atoms with Gasteiger partial charge >= 0.3 is 0 Å². The predicted octanol–water partition coefficient (Wildman–Crippen LogP) is 3.27. The largest absolute Gasteiger partial charge is 0.490 e. The van der Waals surface area contributed by atoms with Gasteiger partial charge in [0.2, 0.25) is 5.91 Å². The molecular weight excluding hydrogens is 312 g/mol. The third-order valence-electron chi connectivity index (χ3n) is 4.34. The van der Waals surface area contributed by atoms with Crippen LogP contribution in [-0.4, -0.2) is 44.1 Å². The lowest BCUT2D eigenvalue weighted by atomic mass is 9.93. The van der Waals surface area contributed by atoms with Crippen LogP contribution in [0.5, 0.6) is 5.75 Å². The average Bonchev–Trinajstić information content (AvgIpc) is 2.52. The van der Waals surface area contributed by atoms with Gasteiger partial charge in [-0.05, 0) is 57.3 Å². The standard InChI is InChI=1S/C18H27ClN2O2/c1-14-5-3-7-16(19)18(14)23-12-10-20-17(22)9-8-15-6-4-11-21(2)13-15/h3,5,7,15H,4,6,8-13H2,1-2H3,(H,20,22)/t15-/m1/s1. The number of nitrogens with one attached hydrogen (secondary N) is 1. The first-order chi connectivity index (χ1) is 11.1. The first kappa shape index (κ1) is 18.1. The molecule has 0 saturated carbocycles. The highest BCUT2D eigenvalue weighted by atomic mass is 35.5. The van der Waals surface area contributed by atoms with Gasteiger partial charge in [0.25, 0.3) is 0 Å². The number of hydrogen-bond donors (Lipinski definition) is 1. The van der Waals surface area contributed by atoms with Crippen LogP contribution in [0.25, 0.3) is 0 Å². The summed E-state index contributed by atoms with van der Waals surface area (Å²) in [4.78, 5) is 14.3. The number of ether oxygens (including phenoxy) is 1. The van der Waals surface area contributed by atoms with Gasteiger partial charge in [0.15, 0.2) is 0 Å².